The monoisotopic (exact) mass is 379 g/mol. The fourth-order valence-electron chi connectivity index (χ4n) is 1.36. The smallest absolute Gasteiger partial charge is 0.0701 e. The summed E-state index contributed by atoms with van der Waals surface area (Å²) < 4.78 is 2.36. The average molecular weight is 381 g/mol. The van der Waals surface area contributed by atoms with Gasteiger partial charge in [-0.3, -0.25) is 0 Å². The molecular formula is C11H11Br2NS2. The van der Waals surface area contributed by atoms with Crippen LogP contribution in [0.5, 0.6) is 0 Å². The van der Waals surface area contributed by atoms with E-state index in [4.69, 9.17) is 0 Å². The van der Waals surface area contributed by atoms with Crippen LogP contribution in [0.25, 0.3) is 0 Å². The third-order valence-electron chi connectivity index (χ3n) is 2.23. The van der Waals surface area contributed by atoms with Gasteiger partial charge in [-0.1, -0.05) is 0 Å². The molecule has 0 aliphatic carbocycles. The van der Waals surface area contributed by atoms with Crippen molar-refractivity contribution in [2.45, 2.75) is 19.5 Å². The molecule has 2 aromatic heterocycles. The first-order chi connectivity index (χ1) is 7.65. The molecule has 1 atom stereocenters. The maximum atomic E-state index is 3.52. The molecule has 2 heterocycles. The summed E-state index contributed by atoms with van der Waals surface area (Å²) >= 11 is 10.5. The first-order valence-corrected chi connectivity index (χ1v) is 8.15. The first-order valence-electron chi connectivity index (χ1n) is 4.86. The van der Waals surface area contributed by atoms with Crippen molar-refractivity contribution < 1.29 is 0 Å². The molecule has 1 unspecified atom stereocenters. The molecule has 0 aliphatic rings. The molecule has 5 heteroatoms. The van der Waals surface area contributed by atoms with Crippen molar-refractivity contribution in [1.82, 2.24) is 5.32 Å². The number of hydrogen-bond acceptors (Lipinski definition) is 3. The van der Waals surface area contributed by atoms with Gasteiger partial charge in [-0.2, -0.15) is 0 Å². The second-order valence-corrected chi connectivity index (χ2v) is 7.88. The Kier molecular flexibility index (Phi) is 4.61. The van der Waals surface area contributed by atoms with Gasteiger partial charge in [0.1, 0.15) is 0 Å². The Morgan fingerprint density at radius 2 is 2.19 bits per heavy atom. The Labute approximate surface area is 120 Å². The van der Waals surface area contributed by atoms with Crippen molar-refractivity contribution in [1.29, 1.82) is 0 Å². The highest BCUT2D eigenvalue weighted by Crippen LogP contribution is 2.26. The van der Waals surface area contributed by atoms with Gasteiger partial charge < -0.3 is 5.32 Å². The molecule has 0 radical (unpaired) electrons. The first kappa shape index (κ1) is 12.8. The Morgan fingerprint density at radius 1 is 1.38 bits per heavy atom. The van der Waals surface area contributed by atoms with Crippen LogP contribution in [-0.4, -0.2) is 0 Å². The minimum atomic E-state index is 0.400. The van der Waals surface area contributed by atoms with E-state index >= 15 is 0 Å². The fourth-order valence-corrected chi connectivity index (χ4v) is 4.27. The molecule has 86 valence electrons. The highest BCUT2D eigenvalue weighted by molar-refractivity contribution is 9.11. The van der Waals surface area contributed by atoms with E-state index in [1.807, 2.05) is 0 Å². The molecule has 0 aliphatic heterocycles. The molecule has 2 aromatic rings. The maximum Gasteiger partial charge on any atom is 0.0701 e. The molecule has 1 N–H and O–H groups in total. The number of halogens is 2. The Bertz CT molecular complexity index is 464. The van der Waals surface area contributed by atoms with Gasteiger partial charge >= 0.3 is 0 Å². The van der Waals surface area contributed by atoms with E-state index in [9.17, 15) is 0 Å². The number of thiophene rings is 2. The van der Waals surface area contributed by atoms with Crippen LogP contribution < -0.4 is 5.32 Å². The van der Waals surface area contributed by atoms with Crippen molar-refractivity contribution in [2.75, 3.05) is 0 Å². The fraction of sp³-hybridized carbons (Fsp3) is 0.273. The molecule has 0 spiro atoms. The molecule has 0 aromatic carbocycles. The topological polar surface area (TPSA) is 12.0 Å². The third-order valence-corrected chi connectivity index (χ3v) is 5.73. The van der Waals surface area contributed by atoms with Crippen LogP contribution in [0, 0.1) is 0 Å². The lowest BCUT2D eigenvalue weighted by Crippen LogP contribution is -2.16. The largest absolute Gasteiger partial charge is 0.305 e. The van der Waals surface area contributed by atoms with Gasteiger partial charge in [0.2, 0.25) is 0 Å². The quantitative estimate of drug-likeness (QED) is 0.769. The second kappa shape index (κ2) is 5.78. The number of nitrogens with one attached hydrogen (secondary N) is 1. The standard InChI is InChI=1S/C11H11Br2NS2/c1-7(10-4-8(12)6-15-10)14-5-9-2-3-11(13)16-9/h2-4,6-7,14H,5H2,1H3. The lowest BCUT2D eigenvalue weighted by Gasteiger charge is -2.10. The summed E-state index contributed by atoms with van der Waals surface area (Å²) in [6.45, 7) is 3.12. The van der Waals surface area contributed by atoms with Crippen LogP contribution in [0.15, 0.2) is 31.8 Å². The van der Waals surface area contributed by atoms with Crippen LogP contribution in [-0.2, 0) is 6.54 Å². The van der Waals surface area contributed by atoms with Crippen molar-refractivity contribution in [3.63, 3.8) is 0 Å². The number of hydrogen-bond donors (Lipinski definition) is 1. The van der Waals surface area contributed by atoms with Gasteiger partial charge in [0.15, 0.2) is 0 Å². The molecule has 1 nitrogen and oxygen atoms in total. The highest BCUT2D eigenvalue weighted by atomic mass is 79.9. The Morgan fingerprint density at radius 3 is 2.75 bits per heavy atom. The van der Waals surface area contributed by atoms with E-state index < -0.39 is 0 Å². The van der Waals surface area contributed by atoms with Gasteiger partial charge in [-0.25, -0.2) is 0 Å². The lowest BCUT2D eigenvalue weighted by atomic mass is 10.3. The summed E-state index contributed by atoms with van der Waals surface area (Å²) in [6.07, 6.45) is 0. The zero-order valence-corrected chi connectivity index (χ0v) is 13.5. The van der Waals surface area contributed by atoms with E-state index in [0.29, 0.717) is 6.04 Å². The van der Waals surface area contributed by atoms with Crippen molar-refractivity contribution >= 4 is 54.5 Å². The summed E-state index contributed by atoms with van der Waals surface area (Å²) in [5.74, 6) is 0. The Balaban J connectivity index is 1.91. The van der Waals surface area contributed by atoms with Crippen LogP contribution in [0.1, 0.15) is 22.7 Å². The summed E-state index contributed by atoms with van der Waals surface area (Å²) in [6, 6.07) is 6.82. The molecule has 2 rings (SSSR count). The normalized spacial score (nSPS) is 12.9. The van der Waals surface area contributed by atoms with Crippen LogP contribution in [0.4, 0.5) is 0 Å². The second-order valence-electron chi connectivity index (χ2n) is 3.48. The molecule has 0 saturated heterocycles. The van der Waals surface area contributed by atoms with Gasteiger partial charge in [0, 0.05) is 32.2 Å². The van der Waals surface area contributed by atoms with E-state index in [1.165, 1.54) is 18.0 Å². The van der Waals surface area contributed by atoms with Gasteiger partial charge in [0.05, 0.1) is 3.79 Å². The SMILES string of the molecule is CC(NCc1ccc(Br)s1)c1cc(Br)cs1. The van der Waals surface area contributed by atoms with Crippen molar-refractivity contribution in [3.05, 3.63) is 41.6 Å². The molecule has 16 heavy (non-hydrogen) atoms. The van der Waals surface area contributed by atoms with E-state index in [-0.39, 0.29) is 0 Å². The molecule has 0 saturated carbocycles. The summed E-state index contributed by atoms with van der Waals surface area (Å²) in [5, 5.41) is 5.64. The molecular weight excluding hydrogens is 370 g/mol. The minimum absolute atomic E-state index is 0.400. The highest BCUT2D eigenvalue weighted by Gasteiger charge is 2.07. The zero-order valence-electron chi connectivity index (χ0n) is 8.67. The maximum absolute atomic E-state index is 3.52. The van der Waals surface area contributed by atoms with Crippen LogP contribution >= 0.6 is 54.5 Å². The van der Waals surface area contributed by atoms with Crippen molar-refractivity contribution in [2.24, 2.45) is 0 Å². The Hall–Kier alpha value is 0.320. The van der Waals surface area contributed by atoms with E-state index in [0.717, 1.165) is 6.54 Å². The predicted molar refractivity (Wildman–Crippen MR) is 79.3 cm³/mol. The summed E-state index contributed by atoms with van der Waals surface area (Å²) in [4.78, 5) is 2.72. The molecule has 0 bridgehead atoms. The van der Waals surface area contributed by atoms with E-state index in [2.05, 4.69) is 67.7 Å². The lowest BCUT2D eigenvalue weighted by molar-refractivity contribution is 0.587. The number of rotatable bonds is 4. The molecule has 0 fully saturated rings. The van der Waals surface area contributed by atoms with Crippen molar-refractivity contribution in [3.8, 4) is 0 Å². The van der Waals surface area contributed by atoms with E-state index in [1.54, 1.807) is 22.7 Å². The van der Waals surface area contributed by atoms with Gasteiger partial charge in [-0.15, -0.1) is 22.7 Å². The van der Waals surface area contributed by atoms with Gasteiger partial charge in [-0.05, 0) is 57.0 Å². The minimum Gasteiger partial charge on any atom is -0.305 e. The summed E-state index contributed by atoms with van der Waals surface area (Å²) in [7, 11) is 0. The van der Waals surface area contributed by atoms with Gasteiger partial charge in [0.25, 0.3) is 0 Å². The van der Waals surface area contributed by atoms with Crippen LogP contribution in [0.3, 0.4) is 0 Å². The zero-order chi connectivity index (χ0) is 11.5. The summed E-state index contributed by atoms with van der Waals surface area (Å²) in [5.41, 5.74) is 0. The van der Waals surface area contributed by atoms with Crippen LogP contribution in [0.2, 0.25) is 0 Å². The average Bonchev–Trinajstić information content (AvgIpc) is 2.84. The third kappa shape index (κ3) is 3.40. The molecule has 0 amide bonds. The predicted octanol–water partition coefficient (Wildman–Crippen LogP) is 5.19.